The molecule has 0 spiro atoms. The van der Waals surface area contributed by atoms with E-state index in [-0.39, 0.29) is 36.4 Å². The van der Waals surface area contributed by atoms with E-state index in [1.807, 2.05) is 18.2 Å². The molecule has 0 aromatic heterocycles. The fourth-order valence-electron chi connectivity index (χ4n) is 2.48. The van der Waals surface area contributed by atoms with Crippen LogP contribution < -0.4 is 5.32 Å². The van der Waals surface area contributed by atoms with Crippen LogP contribution in [0.3, 0.4) is 0 Å². The van der Waals surface area contributed by atoms with Gasteiger partial charge in [0.25, 0.3) is 5.69 Å². The number of hydrogen-bond donors (Lipinski definition) is 3. The molecular formula is C19H20N2O7. The summed E-state index contributed by atoms with van der Waals surface area (Å²) < 4.78 is 5.02. The van der Waals surface area contributed by atoms with Crippen molar-refractivity contribution in [2.45, 2.75) is 25.2 Å². The summed E-state index contributed by atoms with van der Waals surface area (Å²) in [6.07, 6.45) is -3.05. The molecule has 28 heavy (non-hydrogen) atoms. The van der Waals surface area contributed by atoms with Gasteiger partial charge in [0, 0.05) is 24.2 Å². The van der Waals surface area contributed by atoms with Crippen molar-refractivity contribution in [2.75, 3.05) is 6.54 Å². The van der Waals surface area contributed by atoms with Crippen LogP contribution in [-0.2, 0) is 11.3 Å². The summed E-state index contributed by atoms with van der Waals surface area (Å²) in [5.41, 5.74) is 0.506. The number of aliphatic hydroxyl groups excluding tert-OH is 2. The number of carbonyl (C=O) groups is 2. The predicted molar refractivity (Wildman–Crippen MR) is 98.7 cm³/mol. The summed E-state index contributed by atoms with van der Waals surface area (Å²) in [6, 6.07) is 12.5. The minimum absolute atomic E-state index is 0.0121. The second-order valence-electron chi connectivity index (χ2n) is 6.02. The van der Waals surface area contributed by atoms with Crippen molar-refractivity contribution in [3.8, 4) is 0 Å². The molecule has 0 aliphatic carbocycles. The summed E-state index contributed by atoms with van der Waals surface area (Å²) in [4.78, 5) is 32.8. The third-order valence-corrected chi connectivity index (χ3v) is 3.94. The first-order valence-corrected chi connectivity index (χ1v) is 8.46. The highest BCUT2D eigenvalue weighted by Gasteiger charge is 2.22. The largest absolute Gasteiger partial charge is 0.445 e. The van der Waals surface area contributed by atoms with Gasteiger partial charge in [-0.15, -0.1) is 0 Å². The van der Waals surface area contributed by atoms with Gasteiger partial charge < -0.3 is 20.3 Å². The number of ether oxygens (including phenoxy) is 1. The van der Waals surface area contributed by atoms with Crippen molar-refractivity contribution in [2.24, 2.45) is 0 Å². The molecule has 0 heterocycles. The number of aliphatic hydroxyl groups is 2. The predicted octanol–water partition coefficient (Wildman–Crippen LogP) is 2.12. The average molecular weight is 388 g/mol. The number of rotatable bonds is 9. The monoisotopic (exact) mass is 388 g/mol. The van der Waals surface area contributed by atoms with Crippen molar-refractivity contribution in [3.63, 3.8) is 0 Å². The van der Waals surface area contributed by atoms with Crippen LogP contribution in [0.15, 0.2) is 48.5 Å². The van der Waals surface area contributed by atoms with Crippen LogP contribution in [-0.4, -0.2) is 40.2 Å². The lowest BCUT2D eigenvalue weighted by Crippen LogP contribution is -2.29. The molecule has 2 atom stereocenters. The third kappa shape index (κ3) is 6.15. The van der Waals surface area contributed by atoms with Gasteiger partial charge in [-0.25, -0.2) is 4.79 Å². The number of amides is 1. The van der Waals surface area contributed by atoms with Gasteiger partial charge in [0.1, 0.15) is 19.0 Å². The Morgan fingerprint density at radius 1 is 1.21 bits per heavy atom. The number of aldehydes is 1. The highest BCUT2D eigenvalue weighted by atomic mass is 16.6. The number of carbonyl (C=O) groups excluding carboxylic acids is 2. The molecule has 0 bridgehead atoms. The quantitative estimate of drug-likeness (QED) is 0.340. The molecule has 3 N–H and O–H groups in total. The lowest BCUT2D eigenvalue weighted by atomic mass is 9.99. The number of nitrogens with zero attached hydrogens (tertiary/aromatic N) is 1. The van der Waals surface area contributed by atoms with Crippen LogP contribution in [0.1, 0.15) is 34.0 Å². The molecule has 148 valence electrons. The van der Waals surface area contributed by atoms with Gasteiger partial charge in [0.15, 0.2) is 0 Å². The maximum atomic E-state index is 11.6. The maximum Gasteiger partial charge on any atom is 0.407 e. The Morgan fingerprint density at radius 3 is 2.57 bits per heavy atom. The smallest absolute Gasteiger partial charge is 0.407 e. The van der Waals surface area contributed by atoms with E-state index >= 15 is 0 Å². The van der Waals surface area contributed by atoms with Crippen molar-refractivity contribution >= 4 is 18.1 Å². The maximum absolute atomic E-state index is 11.6. The lowest BCUT2D eigenvalue weighted by molar-refractivity contribution is -0.385. The summed E-state index contributed by atoms with van der Waals surface area (Å²) in [5, 5.41) is 33.6. The number of nitro groups is 1. The fraction of sp³-hybridized carbons (Fsp3) is 0.263. The molecule has 2 aromatic rings. The van der Waals surface area contributed by atoms with Crippen LogP contribution in [0, 0.1) is 10.1 Å². The molecule has 2 unspecified atom stereocenters. The highest BCUT2D eigenvalue weighted by molar-refractivity contribution is 5.76. The van der Waals surface area contributed by atoms with E-state index in [9.17, 15) is 29.9 Å². The molecule has 0 saturated carbocycles. The molecule has 0 aliphatic rings. The molecule has 0 saturated heterocycles. The average Bonchev–Trinajstić information content (AvgIpc) is 2.71. The minimum atomic E-state index is -1.46. The topological polar surface area (TPSA) is 139 Å². The number of non-ortho nitro benzene ring substituents is 1. The third-order valence-electron chi connectivity index (χ3n) is 3.94. The van der Waals surface area contributed by atoms with E-state index in [0.29, 0.717) is 6.29 Å². The molecule has 9 heteroatoms. The Balaban J connectivity index is 1.84. The number of nitrogens with one attached hydrogen (secondary N) is 1. The molecule has 9 nitrogen and oxygen atoms in total. The normalized spacial score (nSPS) is 12.6. The van der Waals surface area contributed by atoms with E-state index in [1.54, 1.807) is 12.1 Å². The van der Waals surface area contributed by atoms with Crippen LogP contribution in [0.4, 0.5) is 10.5 Å². The summed E-state index contributed by atoms with van der Waals surface area (Å²) in [7, 11) is 0. The van der Waals surface area contributed by atoms with Crippen molar-refractivity contribution < 1.29 is 29.5 Å². The van der Waals surface area contributed by atoms with E-state index < -0.39 is 23.2 Å². The Kier molecular flexibility index (Phi) is 7.61. The molecular weight excluding hydrogens is 368 g/mol. The van der Waals surface area contributed by atoms with Crippen LogP contribution in [0.5, 0.6) is 0 Å². The SMILES string of the molecule is O=Cc1cc(C(O)C(O)CCNC(=O)OCc2ccccc2)cc([N+](=O)[O-])c1. The second kappa shape index (κ2) is 10.1. The number of alkyl carbamates (subject to hydrolysis) is 1. The first-order chi connectivity index (χ1) is 13.4. The number of benzene rings is 2. The van der Waals surface area contributed by atoms with Gasteiger partial charge in [0.2, 0.25) is 0 Å². The van der Waals surface area contributed by atoms with Gasteiger partial charge in [-0.2, -0.15) is 0 Å². The minimum Gasteiger partial charge on any atom is -0.445 e. The number of nitro benzene ring substituents is 1. The van der Waals surface area contributed by atoms with E-state index in [0.717, 1.165) is 17.7 Å². The van der Waals surface area contributed by atoms with Gasteiger partial charge in [0.05, 0.1) is 11.0 Å². The Labute approximate surface area is 160 Å². The Morgan fingerprint density at radius 2 is 1.93 bits per heavy atom. The van der Waals surface area contributed by atoms with Gasteiger partial charge in [-0.1, -0.05) is 30.3 Å². The Bertz CT molecular complexity index is 826. The van der Waals surface area contributed by atoms with Crippen LogP contribution in [0.2, 0.25) is 0 Å². The van der Waals surface area contributed by atoms with Gasteiger partial charge in [-0.3, -0.25) is 14.9 Å². The molecule has 2 aromatic carbocycles. The first kappa shape index (κ1) is 21.0. The summed E-state index contributed by atoms with van der Waals surface area (Å²) in [6.45, 7) is 0.112. The fourth-order valence-corrected chi connectivity index (χ4v) is 2.48. The number of hydrogen-bond acceptors (Lipinski definition) is 7. The lowest BCUT2D eigenvalue weighted by Gasteiger charge is -2.18. The van der Waals surface area contributed by atoms with Crippen molar-refractivity contribution in [1.29, 1.82) is 0 Å². The molecule has 0 radical (unpaired) electrons. The van der Waals surface area contributed by atoms with E-state index in [2.05, 4.69) is 5.32 Å². The van der Waals surface area contributed by atoms with E-state index in [4.69, 9.17) is 4.74 Å². The van der Waals surface area contributed by atoms with Crippen molar-refractivity contribution in [1.82, 2.24) is 5.32 Å². The standard InChI is InChI=1S/C19H20N2O7/c22-11-14-8-15(10-16(9-14)21(26)27)18(24)17(23)6-7-20-19(25)28-12-13-4-2-1-3-5-13/h1-5,8-11,17-18,23-24H,6-7,12H2,(H,20,25). The van der Waals surface area contributed by atoms with E-state index in [1.165, 1.54) is 6.07 Å². The molecule has 1 amide bonds. The summed E-state index contributed by atoms with van der Waals surface area (Å²) >= 11 is 0. The molecule has 0 fully saturated rings. The zero-order valence-electron chi connectivity index (χ0n) is 14.9. The molecule has 0 aliphatic heterocycles. The molecule has 2 rings (SSSR count). The van der Waals surface area contributed by atoms with Gasteiger partial charge in [-0.05, 0) is 23.6 Å². The second-order valence-corrected chi connectivity index (χ2v) is 6.02. The first-order valence-electron chi connectivity index (χ1n) is 8.46. The van der Waals surface area contributed by atoms with Crippen LogP contribution >= 0.6 is 0 Å². The zero-order valence-corrected chi connectivity index (χ0v) is 14.9. The Hall–Kier alpha value is -3.30. The van der Waals surface area contributed by atoms with Gasteiger partial charge >= 0.3 is 6.09 Å². The van der Waals surface area contributed by atoms with Crippen LogP contribution in [0.25, 0.3) is 0 Å². The summed E-state index contributed by atoms with van der Waals surface area (Å²) in [5.74, 6) is 0. The highest BCUT2D eigenvalue weighted by Crippen LogP contribution is 2.24. The van der Waals surface area contributed by atoms with Crippen molar-refractivity contribution in [3.05, 3.63) is 75.3 Å². The zero-order chi connectivity index (χ0) is 20.5.